The third kappa shape index (κ3) is 11.2. The maximum atomic E-state index is 11.0. The van der Waals surface area contributed by atoms with E-state index in [1.54, 1.807) is 18.2 Å². The number of nitrogens with one attached hydrogen (secondary N) is 1. The summed E-state index contributed by atoms with van der Waals surface area (Å²) in [5.41, 5.74) is 3.15. The second-order valence-corrected chi connectivity index (χ2v) is 7.17. The number of hydrogen-bond donors (Lipinski definition) is 2. The van der Waals surface area contributed by atoms with Gasteiger partial charge < -0.3 is 24.1 Å². The summed E-state index contributed by atoms with van der Waals surface area (Å²) in [5, 5.41) is 8.61. The molecule has 0 saturated heterocycles. The zero-order chi connectivity index (χ0) is 20.8. The Balaban J connectivity index is 2.45. The molecule has 0 aromatic heterocycles. The lowest BCUT2D eigenvalue weighted by Gasteiger charge is -2.23. The van der Waals surface area contributed by atoms with E-state index in [2.05, 4.69) is 5.48 Å². The van der Waals surface area contributed by atoms with Crippen molar-refractivity contribution in [2.24, 2.45) is 0 Å². The second-order valence-electron chi connectivity index (χ2n) is 7.17. The molecule has 1 atom stereocenters. The maximum Gasteiger partial charge on any atom is 0.162 e. The van der Waals surface area contributed by atoms with Crippen LogP contribution in [-0.2, 0) is 14.3 Å². The predicted molar refractivity (Wildman–Crippen MR) is 105 cm³/mol. The highest BCUT2D eigenvalue weighted by molar-refractivity contribution is 5.76. The molecule has 1 aromatic rings. The van der Waals surface area contributed by atoms with Crippen LogP contribution in [0.1, 0.15) is 38.1 Å². The van der Waals surface area contributed by atoms with Gasteiger partial charge in [0.05, 0.1) is 44.7 Å². The number of carbonyl (C=O) groups excluding carboxylic acids is 1. The van der Waals surface area contributed by atoms with E-state index in [0.717, 1.165) is 6.29 Å². The summed E-state index contributed by atoms with van der Waals surface area (Å²) in [6.45, 7) is 9.97. The molecule has 0 aliphatic heterocycles. The van der Waals surface area contributed by atoms with Crippen LogP contribution in [0.3, 0.4) is 0 Å². The van der Waals surface area contributed by atoms with Gasteiger partial charge in [0, 0.05) is 5.56 Å². The van der Waals surface area contributed by atoms with E-state index in [1.165, 1.54) is 0 Å². The molecule has 0 aliphatic rings. The minimum absolute atomic E-state index is 0.00454. The number of hydrogen-bond acceptors (Lipinski definition) is 8. The van der Waals surface area contributed by atoms with Gasteiger partial charge in [0.2, 0.25) is 0 Å². The van der Waals surface area contributed by atoms with Gasteiger partial charge in [-0.1, -0.05) is 0 Å². The third-order valence-corrected chi connectivity index (χ3v) is 3.25. The molecule has 0 spiro atoms. The van der Waals surface area contributed by atoms with Crippen molar-refractivity contribution in [3.8, 4) is 11.5 Å². The van der Waals surface area contributed by atoms with Crippen LogP contribution in [0.25, 0.3) is 0 Å². The molecule has 0 amide bonds. The van der Waals surface area contributed by atoms with E-state index in [0.29, 0.717) is 56.7 Å². The standard InChI is InChI=1S/C20H33NO7/c1-16(21-28-20(2,3)4)15-27-18-6-5-17(14-23)13-19(18)26-12-11-25-10-9-24-8-7-22/h5-6,13-14,16,21-22H,7-12,15H2,1-4H3. The Morgan fingerprint density at radius 3 is 2.36 bits per heavy atom. The summed E-state index contributed by atoms with van der Waals surface area (Å²) in [5.74, 6) is 1.02. The van der Waals surface area contributed by atoms with Gasteiger partial charge in [-0.3, -0.25) is 9.63 Å². The lowest BCUT2D eigenvalue weighted by Crippen LogP contribution is -2.38. The maximum absolute atomic E-state index is 11.0. The average Bonchev–Trinajstić information content (AvgIpc) is 2.66. The van der Waals surface area contributed by atoms with Crippen molar-refractivity contribution in [2.45, 2.75) is 39.3 Å². The van der Waals surface area contributed by atoms with Gasteiger partial charge in [0.1, 0.15) is 19.5 Å². The highest BCUT2D eigenvalue weighted by Gasteiger charge is 2.14. The van der Waals surface area contributed by atoms with E-state index < -0.39 is 0 Å². The molecular formula is C20H33NO7. The number of hydroxylamine groups is 1. The van der Waals surface area contributed by atoms with Crippen LogP contribution in [0.5, 0.6) is 11.5 Å². The number of ether oxygens (including phenoxy) is 4. The number of aldehydes is 1. The third-order valence-electron chi connectivity index (χ3n) is 3.25. The van der Waals surface area contributed by atoms with E-state index in [1.807, 2.05) is 27.7 Å². The zero-order valence-corrected chi connectivity index (χ0v) is 17.2. The minimum atomic E-state index is -0.294. The molecule has 28 heavy (non-hydrogen) atoms. The highest BCUT2D eigenvalue weighted by atomic mass is 16.7. The molecule has 0 saturated carbocycles. The molecular weight excluding hydrogens is 366 g/mol. The van der Waals surface area contributed by atoms with Crippen LogP contribution in [0.2, 0.25) is 0 Å². The topological polar surface area (TPSA) is 95.5 Å². The number of carbonyl (C=O) groups is 1. The molecule has 2 N–H and O–H groups in total. The van der Waals surface area contributed by atoms with E-state index >= 15 is 0 Å². The lowest BCUT2D eigenvalue weighted by molar-refractivity contribution is -0.0903. The molecule has 160 valence electrons. The van der Waals surface area contributed by atoms with Gasteiger partial charge in [-0.25, -0.2) is 0 Å². The minimum Gasteiger partial charge on any atom is -0.488 e. The van der Waals surface area contributed by atoms with Gasteiger partial charge in [-0.05, 0) is 45.9 Å². The molecule has 0 fully saturated rings. The Morgan fingerprint density at radius 2 is 1.71 bits per heavy atom. The van der Waals surface area contributed by atoms with Crippen LogP contribution < -0.4 is 15.0 Å². The highest BCUT2D eigenvalue weighted by Crippen LogP contribution is 2.28. The van der Waals surface area contributed by atoms with Crippen molar-refractivity contribution >= 4 is 6.29 Å². The van der Waals surface area contributed by atoms with E-state index in [-0.39, 0.29) is 18.2 Å². The molecule has 8 nitrogen and oxygen atoms in total. The van der Waals surface area contributed by atoms with Crippen LogP contribution in [0, 0.1) is 0 Å². The average molecular weight is 399 g/mol. The number of aliphatic hydroxyl groups excluding tert-OH is 1. The van der Waals surface area contributed by atoms with Gasteiger partial charge in [-0.2, -0.15) is 5.48 Å². The summed E-state index contributed by atoms with van der Waals surface area (Å²) in [6, 6.07) is 4.98. The molecule has 1 rings (SSSR count). The fourth-order valence-corrected chi connectivity index (χ4v) is 1.95. The number of rotatable bonds is 15. The molecule has 1 aromatic carbocycles. The Labute approximate surface area is 167 Å². The smallest absolute Gasteiger partial charge is 0.162 e. The van der Waals surface area contributed by atoms with Crippen LogP contribution in [0.15, 0.2) is 18.2 Å². The van der Waals surface area contributed by atoms with E-state index in [9.17, 15) is 4.79 Å². The summed E-state index contributed by atoms with van der Waals surface area (Å²) >= 11 is 0. The first kappa shape index (κ1) is 24.3. The van der Waals surface area contributed by atoms with Gasteiger partial charge in [0.25, 0.3) is 0 Å². The molecule has 0 radical (unpaired) electrons. The van der Waals surface area contributed by atoms with Gasteiger partial charge >= 0.3 is 0 Å². The molecule has 0 heterocycles. The summed E-state index contributed by atoms with van der Waals surface area (Å²) in [6.07, 6.45) is 0.757. The largest absolute Gasteiger partial charge is 0.488 e. The first-order valence-electron chi connectivity index (χ1n) is 9.40. The Hall–Kier alpha value is -1.71. The Bertz CT molecular complexity index is 560. The van der Waals surface area contributed by atoms with E-state index in [4.69, 9.17) is 28.9 Å². The summed E-state index contributed by atoms with van der Waals surface area (Å²) < 4.78 is 22.0. The summed E-state index contributed by atoms with van der Waals surface area (Å²) in [4.78, 5) is 16.6. The van der Waals surface area contributed by atoms with Crippen molar-refractivity contribution < 1.29 is 33.7 Å². The van der Waals surface area contributed by atoms with Crippen molar-refractivity contribution in [3.63, 3.8) is 0 Å². The normalized spacial score (nSPS) is 12.6. The second kappa shape index (κ2) is 13.5. The van der Waals surface area contributed by atoms with Crippen LogP contribution in [0.4, 0.5) is 0 Å². The van der Waals surface area contributed by atoms with Gasteiger partial charge in [0.15, 0.2) is 11.5 Å². The quantitative estimate of drug-likeness (QED) is 0.263. The van der Waals surface area contributed by atoms with Crippen molar-refractivity contribution in [3.05, 3.63) is 23.8 Å². The molecule has 0 aliphatic carbocycles. The fraction of sp³-hybridized carbons (Fsp3) is 0.650. The predicted octanol–water partition coefficient (Wildman–Crippen LogP) is 1.99. The van der Waals surface area contributed by atoms with Gasteiger partial charge in [-0.15, -0.1) is 0 Å². The molecule has 0 bridgehead atoms. The SMILES string of the molecule is CC(COc1ccc(C=O)cc1OCCOCCOCCO)NOC(C)(C)C. The first-order valence-corrected chi connectivity index (χ1v) is 9.40. The summed E-state index contributed by atoms with van der Waals surface area (Å²) in [7, 11) is 0. The van der Waals surface area contributed by atoms with Crippen LogP contribution >= 0.6 is 0 Å². The van der Waals surface area contributed by atoms with Crippen molar-refractivity contribution in [2.75, 3.05) is 46.2 Å². The monoisotopic (exact) mass is 399 g/mol. The van der Waals surface area contributed by atoms with Crippen molar-refractivity contribution in [1.29, 1.82) is 0 Å². The fourth-order valence-electron chi connectivity index (χ4n) is 1.95. The van der Waals surface area contributed by atoms with Crippen molar-refractivity contribution in [1.82, 2.24) is 5.48 Å². The molecule has 1 unspecified atom stereocenters. The lowest BCUT2D eigenvalue weighted by atomic mass is 10.2. The van der Waals surface area contributed by atoms with Crippen LogP contribution in [-0.4, -0.2) is 69.3 Å². The first-order chi connectivity index (χ1) is 13.4. The Kier molecular flexibility index (Phi) is 11.7. The Morgan fingerprint density at radius 1 is 1.04 bits per heavy atom. The number of benzene rings is 1. The molecule has 8 heteroatoms. The zero-order valence-electron chi connectivity index (χ0n) is 17.2. The number of aliphatic hydroxyl groups is 1.